The molecule has 0 aromatic carbocycles. The highest BCUT2D eigenvalue weighted by molar-refractivity contribution is 7.09. The second-order valence-electron chi connectivity index (χ2n) is 5.13. The van der Waals surface area contributed by atoms with Crippen LogP contribution in [0.3, 0.4) is 0 Å². The molecule has 0 radical (unpaired) electrons. The minimum atomic E-state index is 0.300. The summed E-state index contributed by atoms with van der Waals surface area (Å²) >= 11 is 7.58. The molecule has 0 saturated carbocycles. The van der Waals surface area contributed by atoms with Crippen molar-refractivity contribution in [3.05, 3.63) is 16.1 Å². The molecule has 1 aliphatic rings. The Balaban J connectivity index is 2.07. The van der Waals surface area contributed by atoms with E-state index in [4.69, 9.17) is 16.7 Å². The van der Waals surface area contributed by atoms with Crippen LogP contribution in [0.15, 0.2) is 5.38 Å². The lowest BCUT2D eigenvalue weighted by atomic mass is 10.1. The second-order valence-corrected chi connectivity index (χ2v) is 6.29. The molecular formula is C14H23ClN2OS. The summed E-state index contributed by atoms with van der Waals surface area (Å²) in [7, 11) is 0. The number of aromatic nitrogens is 1. The third kappa shape index (κ3) is 3.69. The lowest BCUT2D eigenvalue weighted by Crippen LogP contribution is -2.33. The molecule has 3 nitrogen and oxygen atoms in total. The Kier molecular flexibility index (Phi) is 6.07. The number of thiazole rings is 1. The van der Waals surface area contributed by atoms with Gasteiger partial charge >= 0.3 is 0 Å². The fourth-order valence-corrected chi connectivity index (χ4v) is 4.24. The summed E-state index contributed by atoms with van der Waals surface area (Å²) in [5, 5.41) is 12.3. The van der Waals surface area contributed by atoms with Crippen molar-refractivity contribution in [2.24, 2.45) is 0 Å². The van der Waals surface area contributed by atoms with E-state index in [0.29, 0.717) is 24.6 Å². The zero-order valence-electron chi connectivity index (χ0n) is 11.5. The van der Waals surface area contributed by atoms with Crippen LogP contribution in [-0.4, -0.2) is 34.2 Å². The number of hydrogen-bond donors (Lipinski definition) is 1. The van der Waals surface area contributed by atoms with Crippen LogP contribution >= 0.6 is 22.9 Å². The molecule has 2 rings (SSSR count). The van der Waals surface area contributed by atoms with Gasteiger partial charge in [0, 0.05) is 18.0 Å². The van der Waals surface area contributed by atoms with Crippen LogP contribution in [-0.2, 0) is 5.88 Å². The number of aliphatic hydroxyl groups is 1. The number of nitrogens with zero attached hydrogens (tertiary/aromatic N) is 2. The van der Waals surface area contributed by atoms with Crippen LogP contribution in [0.4, 0.5) is 0 Å². The van der Waals surface area contributed by atoms with E-state index < -0.39 is 0 Å². The van der Waals surface area contributed by atoms with Gasteiger partial charge in [-0.25, -0.2) is 4.98 Å². The van der Waals surface area contributed by atoms with Gasteiger partial charge in [0.05, 0.1) is 17.6 Å². The topological polar surface area (TPSA) is 36.4 Å². The molecule has 1 aromatic rings. The van der Waals surface area contributed by atoms with Gasteiger partial charge in [0.15, 0.2) is 0 Å². The Hall–Kier alpha value is -0.160. The third-order valence-corrected chi connectivity index (χ3v) is 5.17. The van der Waals surface area contributed by atoms with Crippen LogP contribution in [0.25, 0.3) is 0 Å². The van der Waals surface area contributed by atoms with E-state index in [1.54, 1.807) is 11.3 Å². The minimum Gasteiger partial charge on any atom is -0.396 e. The number of alkyl halides is 1. The zero-order chi connectivity index (χ0) is 13.7. The first-order valence-electron chi connectivity index (χ1n) is 7.17. The van der Waals surface area contributed by atoms with Gasteiger partial charge in [-0.2, -0.15) is 0 Å². The standard InChI is InChI=1S/C14H23ClN2OS/c1-2-13(14-16-11(9-15)10-19-14)17-7-3-5-12(17)6-4-8-18/h10,12-13,18H,2-9H2,1H3. The zero-order valence-corrected chi connectivity index (χ0v) is 13.1. The van der Waals surface area contributed by atoms with Crippen molar-refractivity contribution >= 4 is 22.9 Å². The lowest BCUT2D eigenvalue weighted by molar-refractivity contribution is 0.157. The maximum absolute atomic E-state index is 9.02. The predicted molar refractivity (Wildman–Crippen MR) is 80.8 cm³/mol. The molecule has 2 unspecified atom stereocenters. The maximum atomic E-state index is 9.02. The van der Waals surface area contributed by atoms with Crippen LogP contribution in [0, 0.1) is 0 Å². The van der Waals surface area contributed by atoms with Crippen molar-refractivity contribution in [1.29, 1.82) is 0 Å². The number of hydrogen-bond acceptors (Lipinski definition) is 4. The van der Waals surface area contributed by atoms with E-state index in [2.05, 4.69) is 22.2 Å². The summed E-state index contributed by atoms with van der Waals surface area (Å²) in [5.74, 6) is 0.501. The smallest absolute Gasteiger partial charge is 0.110 e. The van der Waals surface area contributed by atoms with E-state index >= 15 is 0 Å². The fourth-order valence-electron chi connectivity index (χ4n) is 2.99. The lowest BCUT2D eigenvalue weighted by Gasteiger charge is -2.31. The summed E-state index contributed by atoms with van der Waals surface area (Å²) in [6.07, 6.45) is 5.61. The van der Waals surface area contributed by atoms with Crippen LogP contribution < -0.4 is 0 Å². The molecule has 0 bridgehead atoms. The van der Waals surface area contributed by atoms with Crippen molar-refractivity contribution in [2.45, 2.75) is 57.0 Å². The normalized spacial score (nSPS) is 21.9. The molecule has 1 fully saturated rings. The minimum absolute atomic E-state index is 0.300. The Morgan fingerprint density at radius 3 is 3.11 bits per heavy atom. The molecule has 1 aromatic heterocycles. The predicted octanol–water partition coefficient (Wildman–Crippen LogP) is 3.57. The molecule has 5 heteroatoms. The molecule has 19 heavy (non-hydrogen) atoms. The van der Waals surface area contributed by atoms with Crippen molar-refractivity contribution < 1.29 is 5.11 Å². The number of likely N-dealkylation sites (tertiary alicyclic amines) is 1. The SMILES string of the molecule is CCC(c1nc(CCl)cs1)N1CCCC1CCCO. The second kappa shape index (κ2) is 7.58. The Labute approximate surface area is 124 Å². The molecule has 1 aliphatic heterocycles. The molecule has 1 N–H and O–H groups in total. The highest BCUT2D eigenvalue weighted by Gasteiger charge is 2.31. The van der Waals surface area contributed by atoms with E-state index in [0.717, 1.165) is 31.5 Å². The van der Waals surface area contributed by atoms with Crippen LogP contribution in [0.2, 0.25) is 0 Å². The monoisotopic (exact) mass is 302 g/mol. The molecule has 0 amide bonds. The summed E-state index contributed by atoms with van der Waals surface area (Å²) in [6, 6.07) is 1.04. The first-order chi connectivity index (χ1) is 9.30. The van der Waals surface area contributed by atoms with Crippen LogP contribution in [0.1, 0.15) is 55.8 Å². The quantitative estimate of drug-likeness (QED) is 0.782. The highest BCUT2D eigenvalue weighted by Crippen LogP contribution is 2.35. The van der Waals surface area contributed by atoms with Gasteiger partial charge in [-0.15, -0.1) is 22.9 Å². The number of aliphatic hydroxyl groups excluding tert-OH is 1. The average Bonchev–Trinajstić information content (AvgIpc) is 3.07. The molecule has 0 aliphatic carbocycles. The molecule has 0 spiro atoms. The Morgan fingerprint density at radius 2 is 2.47 bits per heavy atom. The highest BCUT2D eigenvalue weighted by atomic mass is 35.5. The van der Waals surface area contributed by atoms with Gasteiger partial charge in [-0.1, -0.05) is 6.92 Å². The van der Waals surface area contributed by atoms with E-state index in [-0.39, 0.29) is 0 Å². The number of halogens is 1. The van der Waals surface area contributed by atoms with Crippen molar-refractivity contribution in [1.82, 2.24) is 9.88 Å². The van der Waals surface area contributed by atoms with E-state index in [1.165, 1.54) is 17.8 Å². The van der Waals surface area contributed by atoms with Gasteiger partial charge in [0.1, 0.15) is 5.01 Å². The van der Waals surface area contributed by atoms with Crippen molar-refractivity contribution in [3.8, 4) is 0 Å². The largest absolute Gasteiger partial charge is 0.396 e. The van der Waals surface area contributed by atoms with Crippen molar-refractivity contribution in [2.75, 3.05) is 13.2 Å². The molecular weight excluding hydrogens is 280 g/mol. The number of rotatable bonds is 7. The van der Waals surface area contributed by atoms with Crippen LogP contribution in [0.5, 0.6) is 0 Å². The summed E-state index contributed by atoms with van der Waals surface area (Å²) < 4.78 is 0. The van der Waals surface area contributed by atoms with Crippen molar-refractivity contribution in [3.63, 3.8) is 0 Å². The van der Waals surface area contributed by atoms with E-state index in [9.17, 15) is 0 Å². The van der Waals surface area contributed by atoms with Gasteiger partial charge in [0.2, 0.25) is 0 Å². The van der Waals surface area contributed by atoms with Gasteiger partial charge in [-0.3, -0.25) is 4.90 Å². The van der Waals surface area contributed by atoms with Gasteiger partial charge in [-0.05, 0) is 38.6 Å². The first kappa shape index (κ1) is 15.2. The summed E-state index contributed by atoms with van der Waals surface area (Å²) in [5.41, 5.74) is 0.992. The molecule has 2 heterocycles. The molecule has 1 saturated heterocycles. The van der Waals surface area contributed by atoms with Gasteiger partial charge in [0.25, 0.3) is 0 Å². The maximum Gasteiger partial charge on any atom is 0.110 e. The first-order valence-corrected chi connectivity index (χ1v) is 8.58. The molecule has 2 atom stereocenters. The summed E-state index contributed by atoms with van der Waals surface area (Å²) in [4.78, 5) is 7.24. The van der Waals surface area contributed by atoms with Gasteiger partial charge < -0.3 is 5.11 Å². The average molecular weight is 303 g/mol. The molecule has 108 valence electrons. The summed E-state index contributed by atoms with van der Waals surface area (Å²) in [6.45, 7) is 3.69. The van der Waals surface area contributed by atoms with E-state index in [1.807, 2.05) is 0 Å². The Morgan fingerprint density at radius 1 is 1.63 bits per heavy atom. The third-order valence-electron chi connectivity index (χ3n) is 3.90. The fraction of sp³-hybridized carbons (Fsp3) is 0.786. The Bertz CT molecular complexity index is 385.